The van der Waals surface area contributed by atoms with Crippen molar-refractivity contribution >= 4 is 11.7 Å². The Balaban J connectivity index is 1.71. The first-order valence-corrected chi connectivity index (χ1v) is 7.34. The van der Waals surface area contributed by atoms with Crippen molar-refractivity contribution in [3.63, 3.8) is 0 Å². The third-order valence-corrected chi connectivity index (χ3v) is 3.88. The smallest absolute Gasteiger partial charge is 0.256 e. The Bertz CT molecular complexity index is 763. The molecule has 5 nitrogen and oxygen atoms in total. The summed E-state index contributed by atoms with van der Waals surface area (Å²) in [5.74, 6) is -0.173. The maximum atomic E-state index is 13.7. The Hall–Kier alpha value is -2.94. The minimum Gasteiger partial charge on any atom is -0.352 e. The van der Waals surface area contributed by atoms with Crippen LogP contribution < -0.4 is 4.90 Å². The van der Waals surface area contributed by atoms with Gasteiger partial charge in [0.25, 0.3) is 5.91 Å². The Labute approximate surface area is 133 Å². The van der Waals surface area contributed by atoms with Crippen LogP contribution in [0.25, 0.3) is 0 Å². The first-order chi connectivity index (χ1) is 11.2. The van der Waals surface area contributed by atoms with E-state index in [9.17, 15) is 9.18 Å². The fourth-order valence-electron chi connectivity index (χ4n) is 2.66. The zero-order chi connectivity index (χ0) is 16.2. The highest BCUT2D eigenvalue weighted by atomic mass is 19.1. The van der Waals surface area contributed by atoms with Crippen molar-refractivity contribution < 1.29 is 9.18 Å². The normalized spacial score (nSPS) is 14.4. The van der Waals surface area contributed by atoms with Crippen molar-refractivity contribution in [2.24, 2.45) is 0 Å². The van der Waals surface area contributed by atoms with Gasteiger partial charge in [-0.05, 0) is 24.3 Å². The number of rotatable bonds is 2. The van der Waals surface area contributed by atoms with Gasteiger partial charge in [-0.3, -0.25) is 4.79 Å². The number of hydrogen-bond donors (Lipinski definition) is 0. The first-order valence-electron chi connectivity index (χ1n) is 7.34. The molecule has 2 heterocycles. The number of piperazine rings is 1. The Kier molecular flexibility index (Phi) is 4.20. The van der Waals surface area contributed by atoms with E-state index in [1.54, 1.807) is 35.4 Å². The van der Waals surface area contributed by atoms with Crippen LogP contribution in [0.2, 0.25) is 0 Å². The summed E-state index contributed by atoms with van der Waals surface area (Å²) in [6, 6.07) is 11.6. The fourth-order valence-corrected chi connectivity index (χ4v) is 2.66. The SMILES string of the molecule is N#Cc1cccnc1N1CCN(C(=O)c2ccccc2F)CC1. The predicted octanol–water partition coefficient (Wildman–Crippen LogP) is 2.05. The molecular formula is C17H15FN4O. The van der Waals surface area contributed by atoms with Gasteiger partial charge in [0.1, 0.15) is 17.7 Å². The number of aromatic nitrogens is 1. The van der Waals surface area contributed by atoms with Crippen LogP contribution in [-0.4, -0.2) is 42.0 Å². The number of hydrogen-bond acceptors (Lipinski definition) is 4. The number of benzene rings is 1. The lowest BCUT2D eigenvalue weighted by molar-refractivity contribution is 0.0742. The van der Waals surface area contributed by atoms with E-state index in [1.807, 2.05) is 4.90 Å². The van der Waals surface area contributed by atoms with Gasteiger partial charge >= 0.3 is 0 Å². The van der Waals surface area contributed by atoms with Crippen molar-refractivity contribution in [3.8, 4) is 6.07 Å². The Morgan fingerprint density at radius 3 is 2.57 bits per heavy atom. The molecule has 6 heteroatoms. The monoisotopic (exact) mass is 310 g/mol. The Morgan fingerprint density at radius 2 is 1.87 bits per heavy atom. The lowest BCUT2D eigenvalue weighted by Gasteiger charge is -2.35. The number of nitriles is 1. The molecule has 116 valence electrons. The van der Waals surface area contributed by atoms with Crippen LogP contribution in [0.3, 0.4) is 0 Å². The van der Waals surface area contributed by atoms with Crippen molar-refractivity contribution in [1.82, 2.24) is 9.88 Å². The highest BCUT2D eigenvalue weighted by Crippen LogP contribution is 2.19. The maximum absolute atomic E-state index is 13.7. The van der Waals surface area contributed by atoms with Crippen molar-refractivity contribution in [2.45, 2.75) is 0 Å². The van der Waals surface area contributed by atoms with Gasteiger partial charge in [0.15, 0.2) is 0 Å². The Morgan fingerprint density at radius 1 is 1.13 bits per heavy atom. The quantitative estimate of drug-likeness (QED) is 0.852. The van der Waals surface area contributed by atoms with E-state index in [1.165, 1.54) is 12.1 Å². The average Bonchev–Trinajstić information content (AvgIpc) is 2.61. The van der Waals surface area contributed by atoms with Crippen LogP contribution in [0.15, 0.2) is 42.6 Å². The van der Waals surface area contributed by atoms with Crippen LogP contribution in [0.4, 0.5) is 10.2 Å². The standard InChI is InChI=1S/C17H15FN4O/c18-15-6-2-1-5-14(15)17(23)22-10-8-21(9-11-22)16-13(12-19)4-3-7-20-16/h1-7H,8-11H2. The molecule has 0 spiro atoms. The molecule has 0 N–H and O–H groups in total. The molecule has 1 saturated heterocycles. The first kappa shape index (κ1) is 15.0. The molecule has 1 amide bonds. The minimum atomic E-state index is -0.503. The number of halogens is 1. The largest absolute Gasteiger partial charge is 0.352 e. The van der Waals surface area contributed by atoms with Crippen LogP contribution in [0.5, 0.6) is 0 Å². The van der Waals surface area contributed by atoms with E-state index in [-0.39, 0.29) is 11.5 Å². The van der Waals surface area contributed by atoms with Gasteiger partial charge in [-0.25, -0.2) is 9.37 Å². The summed E-state index contributed by atoms with van der Waals surface area (Å²) in [6.07, 6.45) is 1.65. The number of carbonyl (C=O) groups is 1. The molecule has 0 radical (unpaired) electrons. The summed E-state index contributed by atoms with van der Waals surface area (Å²) >= 11 is 0. The zero-order valence-electron chi connectivity index (χ0n) is 12.4. The second kappa shape index (κ2) is 6.44. The number of amides is 1. The second-order valence-electron chi connectivity index (χ2n) is 5.25. The highest BCUT2D eigenvalue weighted by molar-refractivity contribution is 5.94. The number of nitrogens with zero attached hydrogens (tertiary/aromatic N) is 4. The summed E-state index contributed by atoms with van der Waals surface area (Å²) in [5.41, 5.74) is 0.609. The summed E-state index contributed by atoms with van der Waals surface area (Å²) in [5, 5.41) is 9.15. The van der Waals surface area contributed by atoms with Gasteiger partial charge in [0, 0.05) is 32.4 Å². The van der Waals surface area contributed by atoms with Crippen LogP contribution in [0.1, 0.15) is 15.9 Å². The topological polar surface area (TPSA) is 60.2 Å². The lowest BCUT2D eigenvalue weighted by atomic mass is 10.1. The van der Waals surface area contributed by atoms with Gasteiger partial charge in [-0.2, -0.15) is 5.26 Å². The molecule has 1 fully saturated rings. The molecule has 0 bridgehead atoms. The van der Waals surface area contributed by atoms with Gasteiger partial charge in [0.05, 0.1) is 11.1 Å². The lowest BCUT2D eigenvalue weighted by Crippen LogP contribution is -2.49. The molecule has 23 heavy (non-hydrogen) atoms. The van der Waals surface area contributed by atoms with Gasteiger partial charge in [0.2, 0.25) is 0 Å². The third kappa shape index (κ3) is 2.99. The molecule has 1 aliphatic heterocycles. The summed E-state index contributed by atoms with van der Waals surface area (Å²) in [4.78, 5) is 20.2. The molecule has 1 aromatic carbocycles. The van der Waals surface area contributed by atoms with Gasteiger partial charge in [-0.1, -0.05) is 12.1 Å². The minimum absolute atomic E-state index is 0.0940. The average molecular weight is 310 g/mol. The predicted molar refractivity (Wildman–Crippen MR) is 83.5 cm³/mol. The zero-order valence-corrected chi connectivity index (χ0v) is 12.4. The maximum Gasteiger partial charge on any atom is 0.256 e. The third-order valence-electron chi connectivity index (χ3n) is 3.88. The highest BCUT2D eigenvalue weighted by Gasteiger charge is 2.25. The molecular weight excluding hydrogens is 295 g/mol. The van der Waals surface area contributed by atoms with E-state index in [4.69, 9.17) is 5.26 Å². The van der Waals surface area contributed by atoms with Crippen molar-refractivity contribution in [1.29, 1.82) is 5.26 Å². The van der Waals surface area contributed by atoms with Crippen LogP contribution in [0, 0.1) is 17.1 Å². The number of pyridine rings is 1. The fraction of sp³-hybridized carbons (Fsp3) is 0.235. The molecule has 1 aromatic heterocycles. The van der Waals surface area contributed by atoms with E-state index in [2.05, 4.69) is 11.1 Å². The second-order valence-corrected chi connectivity index (χ2v) is 5.25. The van der Waals surface area contributed by atoms with E-state index in [0.717, 1.165) is 0 Å². The van der Waals surface area contributed by atoms with E-state index in [0.29, 0.717) is 37.6 Å². The van der Waals surface area contributed by atoms with E-state index >= 15 is 0 Å². The molecule has 0 atom stereocenters. The van der Waals surface area contributed by atoms with Gasteiger partial charge in [-0.15, -0.1) is 0 Å². The van der Waals surface area contributed by atoms with Gasteiger partial charge < -0.3 is 9.80 Å². The molecule has 3 rings (SSSR count). The number of anilines is 1. The molecule has 1 aliphatic rings. The van der Waals surface area contributed by atoms with E-state index < -0.39 is 5.82 Å². The molecule has 2 aromatic rings. The molecule has 0 unspecified atom stereocenters. The summed E-state index contributed by atoms with van der Waals surface area (Å²) in [7, 11) is 0. The molecule has 0 saturated carbocycles. The number of carbonyl (C=O) groups excluding carboxylic acids is 1. The summed E-state index contributed by atoms with van der Waals surface area (Å²) < 4.78 is 13.7. The van der Waals surface area contributed by atoms with Crippen molar-refractivity contribution in [3.05, 3.63) is 59.5 Å². The summed E-state index contributed by atoms with van der Waals surface area (Å²) in [6.45, 7) is 2.06. The molecule has 0 aliphatic carbocycles. The van der Waals surface area contributed by atoms with Crippen LogP contribution >= 0.6 is 0 Å². The van der Waals surface area contributed by atoms with Crippen LogP contribution in [-0.2, 0) is 0 Å². The van der Waals surface area contributed by atoms with Crippen molar-refractivity contribution in [2.75, 3.05) is 31.1 Å².